The van der Waals surface area contributed by atoms with Crippen molar-refractivity contribution in [3.8, 4) is 0 Å². The van der Waals surface area contributed by atoms with Crippen molar-refractivity contribution in [2.24, 2.45) is 5.41 Å². The molecule has 3 nitrogen and oxygen atoms in total. The lowest BCUT2D eigenvalue weighted by atomic mass is 9.76. The molecule has 1 saturated heterocycles. The van der Waals surface area contributed by atoms with Crippen LogP contribution >= 0.6 is 0 Å². The van der Waals surface area contributed by atoms with E-state index in [2.05, 4.69) is 6.92 Å². The van der Waals surface area contributed by atoms with Crippen molar-refractivity contribution in [1.82, 2.24) is 0 Å². The molecule has 0 saturated carbocycles. The van der Waals surface area contributed by atoms with Crippen LogP contribution in [0.15, 0.2) is 24.3 Å². The molecule has 1 N–H and O–H groups in total. The fourth-order valence-corrected chi connectivity index (χ4v) is 2.37. The van der Waals surface area contributed by atoms with Crippen LogP contribution in [0.3, 0.4) is 0 Å². The van der Waals surface area contributed by atoms with E-state index >= 15 is 0 Å². The van der Waals surface area contributed by atoms with Gasteiger partial charge in [0.1, 0.15) is 0 Å². The maximum atomic E-state index is 11.4. The van der Waals surface area contributed by atoms with E-state index in [1.165, 1.54) is 0 Å². The summed E-state index contributed by atoms with van der Waals surface area (Å²) in [6, 6.07) is 7.71. The van der Waals surface area contributed by atoms with E-state index in [-0.39, 0.29) is 5.41 Å². The van der Waals surface area contributed by atoms with Crippen LogP contribution in [0, 0.1) is 12.3 Å². The van der Waals surface area contributed by atoms with Crippen LogP contribution in [0.4, 0.5) is 0 Å². The molecule has 0 spiro atoms. The third-order valence-electron chi connectivity index (χ3n) is 3.46. The van der Waals surface area contributed by atoms with Gasteiger partial charge in [0.2, 0.25) is 0 Å². The average Bonchev–Trinajstić information content (AvgIpc) is 2.24. The Bertz CT molecular complexity index is 421. The van der Waals surface area contributed by atoms with Gasteiger partial charge in [-0.1, -0.05) is 31.2 Å². The predicted octanol–water partition coefficient (Wildman–Crippen LogP) is 2.59. The van der Waals surface area contributed by atoms with Gasteiger partial charge < -0.3 is 9.84 Å². The van der Waals surface area contributed by atoms with Crippen LogP contribution in [0.1, 0.15) is 30.4 Å². The van der Waals surface area contributed by atoms with Gasteiger partial charge >= 0.3 is 5.97 Å². The predicted molar refractivity (Wildman–Crippen MR) is 65.1 cm³/mol. The zero-order valence-corrected chi connectivity index (χ0v) is 10.3. The van der Waals surface area contributed by atoms with Crippen molar-refractivity contribution in [3.05, 3.63) is 35.4 Å². The highest BCUT2D eigenvalue weighted by molar-refractivity contribution is 5.76. The molecule has 0 aliphatic carbocycles. The van der Waals surface area contributed by atoms with E-state index < -0.39 is 11.9 Å². The summed E-state index contributed by atoms with van der Waals surface area (Å²) in [7, 11) is 0. The molecule has 3 heteroatoms. The summed E-state index contributed by atoms with van der Waals surface area (Å²) in [5.74, 6) is -1.17. The molecule has 0 aromatic heterocycles. The summed E-state index contributed by atoms with van der Waals surface area (Å²) in [4.78, 5) is 11.4. The molecule has 1 aromatic rings. The molecule has 1 aliphatic rings. The molecule has 17 heavy (non-hydrogen) atoms. The van der Waals surface area contributed by atoms with Crippen LogP contribution in [0.5, 0.6) is 0 Å². The van der Waals surface area contributed by atoms with Gasteiger partial charge in [-0.3, -0.25) is 4.79 Å². The van der Waals surface area contributed by atoms with Crippen molar-refractivity contribution >= 4 is 5.97 Å². The number of ether oxygens (including phenoxy) is 1. The smallest absolute Gasteiger partial charge is 0.311 e. The summed E-state index contributed by atoms with van der Waals surface area (Å²) >= 11 is 0. The van der Waals surface area contributed by atoms with Crippen molar-refractivity contribution in [1.29, 1.82) is 0 Å². The quantitative estimate of drug-likeness (QED) is 0.871. The second-order valence-corrected chi connectivity index (χ2v) is 5.25. The first-order chi connectivity index (χ1) is 8.02. The largest absolute Gasteiger partial charge is 0.481 e. The third kappa shape index (κ3) is 2.50. The number of rotatable bonds is 4. The molecular formula is C14H18O3. The molecule has 0 bridgehead atoms. The van der Waals surface area contributed by atoms with E-state index in [1.54, 1.807) is 0 Å². The van der Waals surface area contributed by atoms with Crippen LogP contribution in [0.2, 0.25) is 0 Å². The van der Waals surface area contributed by atoms with Gasteiger partial charge in [0, 0.05) is 5.41 Å². The lowest BCUT2D eigenvalue weighted by molar-refractivity contribution is -0.145. The standard InChI is InChI=1S/C14H18O3/c1-10-5-3-4-6-11(10)12(13(15)16)7-14(2)8-17-9-14/h3-6,12H,7-9H2,1-2H3,(H,15,16). The minimum atomic E-state index is -0.743. The Morgan fingerprint density at radius 1 is 1.47 bits per heavy atom. The highest BCUT2D eigenvalue weighted by Gasteiger charge is 2.38. The van der Waals surface area contributed by atoms with E-state index in [1.807, 2.05) is 31.2 Å². The molecular weight excluding hydrogens is 216 g/mol. The van der Waals surface area contributed by atoms with Gasteiger partial charge in [0.25, 0.3) is 0 Å². The number of hydrogen-bond acceptors (Lipinski definition) is 2. The molecule has 1 aromatic carbocycles. The lowest BCUT2D eigenvalue weighted by Gasteiger charge is -2.40. The second kappa shape index (κ2) is 4.49. The SMILES string of the molecule is Cc1ccccc1C(CC1(C)COC1)C(=O)O. The Balaban J connectivity index is 2.23. The normalized spacial score (nSPS) is 19.4. The second-order valence-electron chi connectivity index (χ2n) is 5.25. The van der Waals surface area contributed by atoms with Gasteiger partial charge in [-0.2, -0.15) is 0 Å². The van der Waals surface area contributed by atoms with Crippen molar-refractivity contribution in [2.45, 2.75) is 26.2 Å². The Morgan fingerprint density at radius 2 is 2.12 bits per heavy atom. The van der Waals surface area contributed by atoms with Gasteiger partial charge in [0.15, 0.2) is 0 Å². The summed E-state index contributed by atoms with van der Waals surface area (Å²) in [6.07, 6.45) is 0.646. The molecule has 1 atom stereocenters. The van der Waals surface area contributed by atoms with Gasteiger partial charge in [-0.15, -0.1) is 0 Å². The van der Waals surface area contributed by atoms with Crippen LogP contribution in [-0.2, 0) is 9.53 Å². The van der Waals surface area contributed by atoms with Crippen molar-refractivity contribution in [2.75, 3.05) is 13.2 Å². The summed E-state index contributed by atoms with van der Waals surface area (Å²) < 4.78 is 5.19. The number of carbonyl (C=O) groups is 1. The van der Waals surface area contributed by atoms with Crippen molar-refractivity contribution in [3.63, 3.8) is 0 Å². The minimum absolute atomic E-state index is 0.0192. The van der Waals surface area contributed by atoms with Gasteiger partial charge in [-0.25, -0.2) is 0 Å². The molecule has 0 radical (unpaired) electrons. The maximum absolute atomic E-state index is 11.4. The summed E-state index contributed by atoms with van der Waals surface area (Å²) in [6.45, 7) is 5.39. The number of carboxylic acid groups (broad SMARTS) is 1. The van der Waals surface area contributed by atoms with E-state index in [0.29, 0.717) is 19.6 Å². The zero-order valence-electron chi connectivity index (χ0n) is 10.3. The molecule has 1 fully saturated rings. The molecule has 1 unspecified atom stereocenters. The summed E-state index contributed by atoms with van der Waals surface area (Å²) in [5, 5.41) is 9.39. The van der Waals surface area contributed by atoms with Gasteiger partial charge in [-0.05, 0) is 24.5 Å². The molecule has 92 valence electrons. The topological polar surface area (TPSA) is 46.5 Å². The Morgan fingerprint density at radius 3 is 2.59 bits per heavy atom. The number of aryl methyl sites for hydroxylation is 1. The fraction of sp³-hybridized carbons (Fsp3) is 0.500. The first-order valence-corrected chi connectivity index (χ1v) is 5.88. The Kier molecular flexibility index (Phi) is 3.20. The molecule has 0 amide bonds. The number of aliphatic carboxylic acids is 1. The summed E-state index contributed by atoms with van der Waals surface area (Å²) in [5.41, 5.74) is 1.99. The molecule has 1 heterocycles. The van der Waals surface area contributed by atoms with E-state index in [0.717, 1.165) is 11.1 Å². The Hall–Kier alpha value is -1.35. The average molecular weight is 234 g/mol. The monoisotopic (exact) mass is 234 g/mol. The highest BCUT2D eigenvalue weighted by Crippen LogP contribution is 2.38. The third-order valence-corrected chi connectivity index (χ3v) is 3.46. The minimum Gasteiger partial charge on any atom is -0.481 e. The first kappa shape index (κ1) is 12.1. The lowest BCUT2D eigenvalue weighted by Crippen LogP contribution is -2.41. The molecule has 2 rings (SSSR count). The van der Waals surface area contributed by atoms with E-state index in [4.69, 9.17) is 4.74 Å². The Labute approximate surface area is 101 Å². The van der Waals surface area contributed by atoms with Gasteiger partial charge in [0.05, 0.1) is 19.1 Å². The molecule has 1 aliphatic heterocycles. The van der Waals surface area contributed by atoms with Crippen molar-refractivity contribution < 1.29 is 14.6 Å². The van der Waals surface area contributed by atoms with Crippen LogP contribution in [0.25, 0.3) is 0 Å². The zero-order chi connectivity index (χ0) is 12.5. The number of benzene rings is 1. The van der Waals surface area contributed by atoms with Crippen LogP contribution < -0.4 is 0 Å². The number of carboxylic acids is 1. The fourth-order valence-electron chi connectivity index (χ4n) is 2.37. The highest BCUT2D eigenvalue weighted by atomic mass is 16.5. The van der Waals surface area contributed by atoms with Crippen LogP contribution in [-0.4, -0.2) is 24.3 Å². The maximum Gasteiger partial charge on any atom is 0.311 e. The number of hydrogen-bond donors (Lipinski definition) is 1. The first-order valence-electron chi connectivity index (χ1n) is 5.88. The van der Waals surface area contributed by atoms with E-state index in [9.17, 15) is 9.90 Å².